The van der Waals surface area contributed by atoms with Crippen LogP contribution in [0.1, 0.15) is 44.7 Å². The van der Waals surface area contributed by atoms with Crippen LogP contribution in [0, 0.1) is 5.92 Å². The van der Waals surface area contributed by atoms with Gasteiger partial charge in [-0.3, -0.25) is 4.79 Å². The molecule has 1 aromatic rings. The van der Waals surface area contributed by atoms with Crippen LogP contribution in [0.15, 0.2) is 24.3 Å². The lowest BCUT2D eigenvalue weighted by Crippen LogP contribution is -2.25. The molecule has 1 aliphatic heterocycles. The molecule has 1 aromatic carbocycles. The number of anilines is 1. The Hall–Kier alpha value is -1.39. The molecule has 116 valence electrons. The van der Waals surface area contributed by atoms with Crippen molar-refractivity contribution in [3.8, 4) is 0 Å². The highest BCUT2D eigenvalue weighted by molar-refractivity contribution is 5.95. The van der Waals surface area contributed by atoms with Crippen molar-refractivity contribution in [2.75, 3.05) is 24.6 Å². The number of hydrogen-bond acceptors (Lipinski definition) is 3. The van der Waals surface area contributed by atoms with Gasteiger partial charge in [0, 0.05) is 31.3 Å². The van der Waals surface area contributed by atoms with Gasteiger partial charge >= 0.3 is 0 Å². The molecule has 1 aliphatic rings. The molecule has 2 unspecified atom stereocenters. The molecule has 0 spiro atoms. The highest BCUT2D eigenvalue weighted by atomic mass is 16.3. The zero-order valence-corrected chi connectivity index (χ0v) is 13.0. The molecule has 4 nitrogen and oxygen atoms in total. The number of rotatable bonds is 7. The van der Waals surface area contributed by atoms with Crippen LogP contribution in [0.5, 0.6) is 0 Å². The third-order valence-electron chi connectivity index (χ3n) is 4.17. The molecule has 0 aromatic heterocycles. The number of carbonyl (C=O) groups is 1. The summed E-state index contributed by atoms with van der Waals surface area (Å²) in [4.78, 5) is 13.6. The topological polar surface area (TPSA) is 52.6 Å². The van der Waals surface area contributed by atoms with Gasteiger partial charge in [0.25, 0.3) is 0 Å². The maximum Gasteiger partial charge on any atom is 0.227 e. The number of aliphatic hydroxyl groups is 1. The summed E-state index contributed by atoms with van der Waals surface area (Å²) in [5, 5.41) is 12.4. The number of amides is 1. The zero-order chi connectivity index (χ0) is 15.2. The van der Waals surface area contributed by atoms with E-state index < -0.39 is 0 Å². The Bertz CT molecular complexity index is 458. The van der Waals surface area contributed by atoms with Crippen LogP contribution in [0.25, 0.3) is 0 Å². The third-order valence-corrected chi connectivity index (χ3v) is 4.17. The number of hydrogen-bond donors (Lipinski definition) is 2. The molecule has 1 saturated heterocycles. The zero-order valence-electron chi connectivity index (χ0n) is 13.0. The normalized spacial score (nSPS) is 18.0. The Morgan fingerprint density at radius 1 is 1.29 bits per heavy atom. The van der Waals surface area contributed by atoms with Gasteiger partial charge in [-0.1, -0.05) is 19.1 Å². The van der Waals surface area contributed by atoms with Crippen LogP contribution >= 0.6 is 0 Å². The van der Waals surface area contributed by atoms with Crippen LogP contribution in [0.2, 0.25) is 0 Å². The Labute approximate surface area is 127 Å². The molecular formula is C17H26N2O2. The molecule has 0 bridgehead atoms. The van der Waals surface area contributed by atoms with Crippen LogP contribution in [-0.4, -0.2) is 30.7 Å². The van der Waals surface area contributed by atoms with Gasteiger partial charge in [-0.05, 0) is 49.9 Å². The predicted molar refractivity (Wildman–Crippen MR) is 85.3 cm³/mol. The van der Waals surface area contributed by atoms with Crippen molar-refractivity contribution in [1.82, 2.24) is 5.32 Å². The van der Waals surface area contributed by atoms with Crippen LogP contribution in [0.3, 0.4) is 0 Å². The standard InChI is InChI=1S/C17H26N2O2/c1-13(9-11-20)12-18-14(2)15-5-7-16(8-6-15)19-10-3-4-17(19)21/h5-8,13-14,18,20H,3-4,9-12H2,1-2H3. The minimum Gasteiger partial charge on any atom is -0.396 e. The van der Waals surface area contributed by atoms with Crippen molar-refractivity contribution in [2.45, 2.75) is 39.2 Å². The fraction of sp³-hybridized carbons (Fsp3) is 0.588. The summed E-state index contributed by atoms with van der Waals surface area (Å²) < 4.78 is 0. The smallest absolute Gasteiger partial charge is 0.227 e. The first kappa shape index (κ1) is 16.0. The van der Waals surface area contributed by atoms with Crippen LogP contribution in [-0.2, 0) is 4.79 Å². The fourth-order valence-corrected chi connectivity index (χ4v) is 2.68. The van der Waals surface area contributed by atoms with Gasteiger partial charge in [0.1, 0.15) is 0 Å². The van der Waals surface area contributed by atoms with E-state index in [1.54, 1.807) is 0 Å². The number of nitrogens with one attached hydrogen (secondary N) is 1. The SMILES string of the molecule is CC(CCO)CNC(C)c1ccc(N2CCCC2=O)cc1. The lowest BCUT2D eigenvalue weighted by Gasteiger charge is -2.20. The highest BCUT2D eigenvalue weighted by Crippen LogP contribution is 2.23. The van der Waals surface area contributed by atoms with E-state index in [2.05, 4.69) is 31.3 Å². The summed E-state index contributed by atoms with van der Waals surface area (Å²) in [7, 11) is 0. The summed E-state index contributed by atoms with van der Waals surface area (Å²) in [6.07, 6.45) is 2.46. The Balaban J connectivity index is 1.90. The van der Waals surface area contributed by atoms with Crippen molar-refractivity contribution < 1.29 is 9.90 Å². The first-order valence-electron chi connectivity index (χ1n) is 7.86. The fourth-order valence-electron chi connectivity index (χ4n) is 2.68. The largest absolute Gasteiger partial charge is 0.396 e. The van der Waals surface area contributed by atoms with Gasteiger partial charge < -0.3 is 15.3 Å². The summed E-state index contributed by atoms with van der Waals surface area (Å²) in [6, 6.07) is 8.53. The Morgan fingerprint density at radius 3 is 2.57 bits per heavy atom. The molecule has 2 N–H and O–H groups in total. The molecule has 1 heterocycles. The van der Waals surface area contributed by atoms with E-state index in [1.807, 2.05) is 17.0 Å². The summed E-state index contributed by atoms with van der Waals surface area (Å²) in [6.45, 7) is 6.26. The maximum atomic E-state index is 11.7. The lowest BCUT2D eigenvalue weighted by atomic mass is 10.1. The minimum atomic E-state index is 0.228. The molecule has 0 radical (unpaired) electrons. The third kappa shape index (κ3) is 4.29. The summed E-state index contributed by atoms with van der Waals surface area (Å²) >= 11 is 0. The van der Waals surface area contributed by atoms with Crippen molar-refractivity contribution in [3.63, 3.8) is 0 Å². The van der Waals surface area contributed by atoms with Gasteiger partial charge in [-0.15, -0.1) is 0 Å². The predicted octanol–water partition coefficient (Wildman–Crippen LogP) is 2.48. The second-order valence-corrected chi connectivity index (χ2v) is 5.99. The second kappa shape index (κ2) is 7.57. The molecule has 2 rings (SSSR count). The summed E-state index contributed by atoms with van der Waals surface area (Å²) in [5.74, 6) is 0.700. The maximum absolute atomic E-state index is 11.7. The molecule has 1 fully saturated rings. The first-order chi connectivity index (χ1) is 10.1. The first-order valence-corrected chi connectivity index (χ1v) is 7.86. The molecule has 1 amide bonds. The van der Waals surface area contributed by atoms with Gasteiger partial charge in [0.2, 0.25) is 5.91 Å². The number of aliphatic hydroxyl groups excluding tert-OH is 1. The average Bonchev–Trinajstić information content (AvgIpc) is 2.91. The lowest BCUT2D eigenvalue weighted by molar-refractivity contribution is -0.117. The van der Waals surface area contributed by atoms with E-state index in [9.17, 15) is 4.79 Å². The quantitative estimate of drug-likeness (QED) is 0.811. The van der Waals surface area contributed by atoms with Crippen LogP contribution in [0.4, 0.5) is 5.69 Å². The van der Waals surface area contributed by atoms with E-state index in [0.29, 0.717) is 12.3 Å². The van der Waals surface area contributed by atoms with Gasteiger partial charge in [-0.25, -0.2) is 0 Å². The molecule has 0 saturated carbocycles. The molecular weight excluding hydrogens is 264 g/mol. The number of carbonyl (C=O) groups excluding carboxylic acids is 1. The van der Waals surface area contributed by atoms with E-state index >= 15 is 0 Å². The van der Waals surface area contributed by atoms with Gasteiger partial charge in [-0.2, -0.15) is 0 Å². The van der Waals surface area contributed by atoms with E-state index in [-0.39, 0.29) is 18.6 Å². The monoisotopic (exact) mass is 290 g/mol. The van der Waals surface area contributed by atoms with Gasteiger partial charge in [0.05, 0.1) is 0 Å². The Morgan fingerprint density at radius 2 is 2.00 bits per heavy atom. The van der Waals surface area contributed by atoms with Crippen molar-refractivity contribution >= 4 is 11.6 Å². The molecule has 4 heteroatoms. The number of benzene rings is 1. The van der Waals surface area contributed by atoms with E-state index in [4.69, 9.17) is 5.11 Å². The van der Waals surface area contributed by atoms with Gasteiger partial charge in [0.15, 0.2) is 0 Å². The average molecular weight is 290 g/mol. The van der Waals surface area contributed by atoms with Crippen molar-refractivity contribution in [1.29, 1.82) is 0 Å². The second-order valence-electron chi connectivity index (χ2n) is 5.99. The van der Waals surface area contributed by atoms with Crippen molar-refractivity contribution in [3.05, 3.63) is 29.8 Å². The summed E-state index contributed by atoms with van der Waals surface area (Å²) in [5.41, 5.74) is 2.23. The van der Waals surface area contributed by atoms with Crippen LogP contribution < -0.4 is 10.2 Å². The van der Waals surface area contributed by atoms with E-state index in [0.717, 1.165) is 31.6 Å². The molecule has 21 heavy (non-hydrogen) atoms. The van der Waals surface area contributed by atoms with Crippen molar-refractivity contribution in [2.24, 2.45) is 5.92 Å². The molecule has 0 aliphatic carbocycles. The Kier molecular flexibility index (Phi) is 5.76. The minimum absolute atomic E-state index is 0.228. The van der Waals surface area contributed by atoms with E-state index in [1.165, 1.54) is 5.56 Å². The highest BCUT2D eigenvalue weighted by Gasteiger charge is 2.21. The number of nitrogens with zero attached hydrogens (tertiary/aromatic N) is 1. The molecule has 2 atom stereocenters.